The number of rotatable bonds is 8. The third-order valence-corrected chi connectivity index (χ3v) is 3.24. The summed E-state index contributed by atoms with van der Waals surface area (Å²) in [5.41, 5.74) is 5.63. The van der Waals surface area contributed by atoms with E-state index in [2.05, 4.69) is 43.5 Å². The van der Waals surface area contributed by atoms with E-state index in [-0.39, 0.29) is 0 Å². The summed E-state index contributed by atoms with van der Waals surface area (Å²) in [4.78, 5) is 0. The Morgan fingerprint density at radius 3 is 2.41 bits per heavy atom. The summed E-state index contributed by atoms with van der Waals surface area (Å²) in [5, 5.41) is 0. The first-order chi connectivity index (χ1) is 8.26. The lowest BCUT2D eigenvalue weighted by atomic mass is 10.00. The molecule has 0 aliphatic carbocycles. The molecule has 0 spiro atoms. The quantitative estimate of drug-likeness (QED) is 0.411. The fraction of sp³-hybridized carbons (Fsp3) is 0.600. The molecule has 1 unspecified atom stereocenters. The van der Waals surface area contributed by atoms with Gasteiger partial charge >= 0.3 is 0 Å². The Morgan fingerprint density at radius 2 is 1.82 bits per heavy atom. The van der Waals surface area contributed by atoms with Crippen LogP contribution in [0.4, 0.5) is 0 Å². The normalized spacial score (nSPS) is 12.6. The van der Waals surface area contributed by atoms with Crippen molar-refractivity contribution in [1.82, 2.24) is 5.43 Å². The van der Waals surface area contributed by atoms with Gasteiger partial charge in [0.2, 0.25) is 0 Å². The van der Waals surface area contributed by atoms with Crippen LogP contribution < -0.4 is 11.3 Å². The van der Waals surface area contributed by atoms with E-state index in [9.17, 15) is 0 Å². The van der Waals surface area contributed by atoms with E-state index in [1.807, 2.05) is 0 Å². The molecule has 0 radical (unpaired) electrons. The van der Waals surface area contributed by atoms with E-state index in [4.69, 9.17) is 5.84 Å². The average Bonchev–Trinajstić information content (AvgIpc) is 2.35. The first kappa shape index (κ1) is 14.2. The van der Waals surface area contributed by atoms with Crippen LogP contribution in [0.25, 0.3) is 0 Å². The smallest absolute Gasteiger partial charge is 0.0250 e. The Labute approximate surface area is 106 Å². The summed E-state index contributed by atoms with van der Waals surface area (Å²) >= 11 is 0. The minimum Gasteiger partial charge on any atom is -0.271 e. The number of hydrazine groups is 1. The van der Waals surface area contributed by atoms with Crippen molar-refractivity contribution in [1.29, 1.82) is 0 Å². The maximum atomic E-state index is 5.62. The molecule has 1 aromatic carbocycles. The van der Waals surface area contributed by atoms with Crippen LogP contribution in [0.15, 0.2) is 24.3 Å². The zero-order valence-corrected chi connectivity index (χ0v) is 11.2. The summed E-state index contributed by atoms with van der Waals surface area (Å²) in [6.07, 6.45) is 7.42. The second-order valence-corrected chi connectivity index (χ2v) is 4.90. The van der Waals surface area contributed by atoms with Crippen LogP contribution in [-0.4, -0.2) is 6.04 Å². The number of aryl methyl sites for hydroxylation is 1. The van der Waals surface area contributed by atoms with E-state index in [0.29, 0.717) is 6.04 Å². The van der Waals surface area contributed by atoms with Crippen molar-refractivity contribution in [3.8, 4) is 0 Å². The molecule has 3 N–H and O–H groups in total. The molecule has 0 bridgehead atoms. The third-order valence-electron chi connectivity index (χ3n) is 3.24. The predicted octanol–water partition coefficient (Wildman–Crippen LogP) is 3.34. The topological polar surface area (TPSA) is 38.0 Å². The van der Waals surface area contributed by atoms with Crippen LogP contribution in [0.1, 0.15) is 50.2 Å². The number of unbranched alkanes of at least 4 members (excludes halogenated alkanes) is 3. The van der Waals surface area contributed by atoms with Gasteiger partial charge in [0.15, 0.2) is 0 Å². The highest BCUT2D eigenvalue weighted by Crippen LogP contribution is 2.11. The highest BCUT2D eigenvalue weighted by atomic mass is 15.2. The fourth-order valence-corrected chi connectivity index (χ4v) is 2.07. The van der Waals surface area contributed by atoms with Gasteiger partial charge < -0.3 is 0 Å². The predicted molar refractivity (Wildman–Crippen MR) is 74.8 cm³/mol. The number of benzene rings is 1. The van der Waals surface area contributed by atoms with E-state index in [0.717, 1.165) is 6.42 Å². The van der Waals surface area contributed by atoms with Crippen LogP contribution in [0.5, 0.6) is 0 Å². The van der Waals surface area contributed by atoms with E-state index >= 15 is 0 Å². The first-order valence-corrected chi connectivity index (χ1v) is 6.78. The lowest BCUT2D eigenvalue weighted by molar-refractivity contribution is 0.463. The van der Waals surface area contributed by atoms with Gasteiger partial charge in [0.05, 0.1) is 0 Å². The molecule has 0 saturated carbocycles. The highest BCUT2D eigenvalue weighted by molar-refractivity contribution is 5.22. The van der Waals surface area contributed by atoms with Gasteiger partial charge in [0.25, 0.3) is 0 Å². The minimum atomic E-state index is 0.412. The summed E-state index contributed by atoms with van der Waals surface area (Å²) in [6, 6.07) is 9.15. The maximum Gasteiger partial charge on any atom is 0.0250 e. The molecule has 0 saturated heterocycles. The lowest BCUT2D eigenvalue weighted by Crippen LogP contribution is -2.36. The summed E-state index contributed by atoms with van der Waals surface area (Å²) in [7, 11) is 0. The van der Waals surface area contributed by atoms with Crippen molar-refractivity contribution in [2.45, 2.75) is 58.4 Å². The zero-order valence-electron chi connectivity index (χ0n) is 11.2. The molecule has 0 aliphatic heterocycles. The van der Waals surface area contributed by atoms with Gasteiger partial charge in [-0.1, -0.05) is 62.4 Å². The van der Waals surface area contributed by atoms with Gasteiger partial charge in [-0.05, 0) is 25.3 Å². The first-order valence-electron chi connectivity index (χ1n) is 6.78. The Hall–Kier alpha value is -0.860. The monoisotopic (exact) mass is 234 g/mol. The lowest BCUT2D eigenvalue weighted by Gasteiger charge is -2.15. The van der Waals surface area contributed by atoms with Gasteiger partial charge in [0, 0.05) is 6.04 Å². The number of hydrogen-bond acceptors (Lipinski definition) is 2. The SMILES string of the molecule is CCCCCCC(Cc1ccc(C)cc1)NN. The highest BCUT2D eigenvalue weighted by Gasteiger charge is 2.07. The van der Waals surface area contributed by atoms with Crippen molar-refractivity contribution in [3.05, 3.63) is 35.4 Å². The molecule has 96 valence electrons. The second-order valence-electron chi connectivity index (χ2n) is 4.90. The molecule has 1 rings (SSSR count). The molecular weight excluding hydrogens is 208 g/mol. The number of nitrogens with one attached hydrogen (secondary N) is 1. The standard InChI is InChI=1S/C15H26N2/c1-3-4-5-6-7-15(17-16)12-14-10-8-13(2)9-11-14/h8-11,15,17H,3-7,12,16H2,1-2H3. The maximum absolute atomic E-state index is 5.62. The van der Waals surface area contributed by atoms with Crippen molar-refractivity contribution in [2.75, 3.05) is 0 Å². The molecule has 17 heavy (non-hydrogen) atoms. The molecule has 0 aliphatic rings. The molecular formula is C15H26N2. The fourth-order valence-electron chi connectivity index (χ4n) is 2.07. The Kier molecular flexibility index (Phi) is 6.90. The minimum absolute atomic E-state index is 0.412. The van der Waals surface area contributed by atoms with Gasteiger partial charge in [-0.3, -0.25) is 11.3 Å². The van der Waals surface area contributed by atoms with E-state index < -0.39 is 0 Å². The van der Waals surface area contributed by atoms with Crippen LogP contribution in [0.3, 0.4) is 0 Å². The number of hydrogen-bond donors (Lipinski definition) is 2. The van der Waals surface area contributed by atoms with Crippen LogP contribution in [0, 0.1) is 6.92 Å². The Morgan fingerprint density at radius 1 is 1.12 bits per heavy atom. The van der Waals surface area contributed by atoms with Crippen molar-refractivity contribution in [3.63, 3.8) is 0 Å². The van der Waals surface area contributed by atoms with Gasteiger partial charge in [-0.25, -0.2) is 0 Å². The molecule has 0 heterocycles. The third kappa shape index (κ3) is 5.85. The summed E-state index contributed by atoms with van der Waals surface area (Å²) in [6.45, 7) is 4.36. The second kappa shape index (κ2) is 8.26. The van der Waals surface area contributed by atoms with Crippen LogP contribution in [-0.2, 0) is 6.42 Å². The molecule has 2 nitrogen and oxygen atoms in total. The van der Waals surface area contributed by atoms with E-state index in [1.54, 1.807) is 0 Å². The Balaban J connectivity index is 2.33. The summed E-state index contributed by atoms with van der Waals surface area (Å²) < 4.78 is 0. The largest absolute Gasteiger partial charge is 0.271 e. The molecule has 1 atom stereocenters. The molecule has 0 aromatic heterocycles. The molecule has 0 amide bonds. The van der Waals surface area contributed by atoms with Crippen molar-refractivity contribution < 1.29 is 0 Å². The van der Waals surface area contributed by atoms with Crippen LogP contribution in [0.2, 0.25) is 0 Å². The Bertz CT molecular complexity index is 292. The van der Waals surface area contributed by atoms with E-state index in [1.165, 1.54) is 43.2 Å². The van der Waals surface area contributed by atoms with Crippen molar-refractivity contribution >= 4 is 0 Å². The molecule has 0 fully saturated rings. The number of nitrogens with two attached hydrogens (primary N) is 1. The van der Waals surface area contributed by atoms with Gasteiger partial charge in [0.1, 0.15) is 0 Å². The van der Waals surface area contributed by atoms with Crippen LogP contribution >= 0.6 is 0 Å². The van der Waals surface area contributed by atoms with Gasteiger partial charge in [-0.2, -0.15) is 0 Å². The summed E-state index contributed by atoms with van der Waals surface area (Å²) in [5.74, 6) is 5.62. The zero-order chi connectivity index (χ0) is 12.5. The van der Waals surface area contributed by atoms with Gasteiger partial charge in [-0.15, -0.1) is 0 Å². The molecule has 1 aromatic rings. The average molecular weight is 234 g/mol. The molecule has 2 heteroatoms. The van der Waals surface area contributed by atoms with Crippen molar-refractivity contribution in [2.24, 2.45) is 5.84 Å².